The molecule has 10 nitrogen and oxygen atoms in total. The lowest BCUT2D eigenvalue weighted by atomic mass is 9.54. The minimum atomic E-state index is -2.36. The van der Waals surface area contributed by atoms with E-state index in [1.807, 2.05) is 0 Å². The van der Waals surface area contributed by atoms with E-state index in [9.17, 15) is 35.1 Å². The number of hydrogen-bond donors (Lipinski definition) is 7. The van der Waals surface area contributed by atoms with Crippen LogP contribution in [-0.4, -0.2) is 87.1 Å². The summed E-state index contributed by atoms with van der Waals surface area (Å²) in [6, 6.07) is 2.11. The topological polar surface area (TPSA) is 177 Å². The molecule has 0 bridgehead atoms. The van der Waals surface area contributed by atoms with Crippen molar-refractivity contribution in [2.24, 2.45) is 17.6 Å². The number of amides is 1. The van der Waals surface area contributed by atoms with Crippen LogP contribution in [0.4, 0.5) is 0 Å². The number of likely N-dealkylation sites (N-methyl/N-ethyl adjacent to an activating group) is 2. The molecule has 178 valence electrons. The van der Waals surface area contributed by atoms with E-state index in [4.69, 9.17) is 5.73 Å². The van der Waals surface area contributed by atoms with Gasteiger partial charge in [0, 0.05) is 17.4 Å². The van der Waals surface area contributed by atoms with Gasteiger partial charge in [0.05, 0.1) is 29.3 Å². The molecule has 0 saturated carbocycles. The molecule has 0 spiro atoms. The zero-order chi connectivity index (χ0) is 24.6. The van der Waals surface area contributed by atoms with E-state index >= 15 is 0 Å². The van der Waals surface area contributed by atoms with Crippen LogP contribution in [0.2, 0.25) is 0 Å². The van der Waals surface area contributed by atoms with Crippen molar-refractivity contribution in [3.05, 3.63) is 52.0 Å². The predicted octanol–water partition coefficient (Wildman–Crippen LogP) is -0.329. The number of nitrogens with two attached hydrogens (primary N) is 1. The van der Waals surface area contributed by atoms with Gasteiger partial charge in [-0.2, -0.15) is 0 Å². The minimum absolute atomic E-state index is 0.00783. The molecule has 8 N–H and O–H groups in total. The normalized spacial score (nSPS) is 35.9. The molecule has 1 aromatic rings. The Balaban J connectivity index is 2.07. The first kappa shape index (κ1) is 23.2. The van der Waals surface area contributed by atoms with Crippen molar-refractivity contribution < 1.29 is 35.1 Å². The maximum Gasteiger partial charge on any atom is 0.249 e. The second kappa shape index (κ2) is 7.56. The van der Waals surface area contributed by atoms with Gasteiger partial charge in [-0.3, -0.25) is 14.5 Å². The number of phenolic OH excluding ortho intramolecular Hbond substituents is 1. The number of hydrogen-bond acceptors (Lipinski definition) is 9. The van der Waals surface area contributed by atoms with E-state index in [-0.39, 0.29) is 22.5 Å². The number of nitrogens with zero attached hydrogens (tertiary/aromatic N) is 1. The molecule has 0 aromatic heterocycles. The van der Waals surface area contributed by atoms with Gasteiger partial charge in [-0.05, 0) is 38.7 Å². The van der Waals surface area contributed by atoms with Crippen LogP contribution in [0.15, 0.2) is 40.9 Å². The molecule has 3 aliphatic rings. The van der Waals surface area contributed by atoms with Crippen LogP contribution in [0, 0.1) is 11.8 Å². The van der Waals surface area contributed by atoms with Crippen molar-refractivity contribution in [1.82, 2.24) is 10.2 Å². The first-order chi connectivity index (χ1) is 15.4. The molecule has 0 radical (unpaired) electrons. The summed E-state index contributed by atoms with van der Waals surface area (Å²) in [6.07, 6.45) is -1.41. The number of benzene rings is 1. The van der Waals surface area contributed by atoms with Gasteiger partial charge >= 0.3 is 0 Å². The Hall–Kier alpha value is -2.92. The van der Waals surface area contributed by atoms with E-state index in [1.165, 1.54) is 18.0 Å². The summed E-state index contributed by atoms with van der Waals surface area (Å²) in [6.45, 7) is 1.75. The average Bonchev–Trinajstić information content (AvgIpc) is 2.74. The van der Waals surface area contributed by atoms with Crippen LogP contribution in [0.1, 0.15) is 28.8 Å². The van der Waals surface area contributed by atoms with Gasteiger partial charge in [-0.1, -0.05) is 19.1 Å². The summed E-state index contributed by atoms with van der Waals surface area (Å²) >= 11 is 0. The van der Waals surface area contributed by atoms with Crippen LogP contribution in [0.25, 0.3) is 0 Å². The van der Waals surface area contributed by atoms with E-state index in [0.717, 1.165) is 0 Å². The zero-order valence-corrected chi connectivity index (χ0v) is 18.8. The number of aliphatic hydroxyl groups excluding tert-OH is 3. The molecule has 0 aliphatic heterocycles. The first-order valence-corrected chi connectivity index (χ1v) is 10.7. The summed E-state index contributed by atoms with van der Waals surface area (Å²) in [4.78, 5) is 27.3. The number of carbonyl (C=O) groups is 2. The lowest BCUT2D eigenvalue weighted by Crippen LogP contribution is -2.72. The van der Waals surface area contributed by atoms with Gasteiger partial charge in [-0.15, -0.1) is 0 Å². The maximum atomic E-state index is 13.5. The highest BCUT2D eigenvalue weighted by molar-refractivity contribution is 6.14. The number of phenols is 1. The highest BCUT2D eigenvalue weighted by Crippen LogP contribution is 2.56. The SMILES string of the molecule is CN[C@@H]1C(C(N)=O)=C(O)[C@@H](N(C)C)[C@@H]2[C@@H](O)[C@H]3C(=C(O)[C@@]21O)C(=O)c1c(O)cccc1[C@@H]3C. The number of aliphatic hydroxyl groups is 4. The zero-order valence-electron chi connectivity index (χ0n) is 18.8. The quantitative estimate of drug-likeness (QED) is 0.319. The summed E-state index contributed by atoms with van der Waals surface area (Å²) in [5, 5.41) is 59.2. The monoisotopic (exact) mass is 459 g/mol. The Morgan fingerprint density at radius 2 is 1.85 bits per heavy atom. The van der Waals surface area contributed by atoms with Crippen molar-refractivity contribution in [1.29, 1.82) is 0 Å². The largest absolute Gasteiger partial charge is 0.510 e. The standard InChI is InChI=1S/C23H29N3O7/c1-8-9-6-5-7-10(27)12(9)17(28)13-11(8)18(29)15-16(26(3)4)19(30)14(22(24)32)20(25-2)23(15,33)21(13)31/h5-8,11,15-16,18,20,25,27,29-31,33H,1-4H3,(H2,24,32)/t8-,11+,15+,16-,18-,20+,23+/m0/s1. The summed E-state index contributed by atoms with van der Waals surface area (Å²) in [7, 11) is 4.57. The fourth-order valence-corrected chi connectivity index (χ4v) is 6.16. The molecule has 0 unspecified atom stereocenters. The lowest BCUT2D eigenvalue weighted by molar-refractivity contribution is -0.146. The third-order valence-corrected chi connectivity index (χ3v) is 7.52. The van der Waals surface area contributed by atoms with Crippen molar-refractivity contribution in [3.63, 3.8) is 0 Å². The van der Waals surface area contributed by atoms with Crippen LogP contribution in [0.5, 0.6) is 5.75 Å². The molecule has 1 amide bonds. The molecule has 10 heteroatoms. The highest BCUT2D eigenvalue weighted by atomic mass is 16.3. The number of rotatable bonds is 3. The second-order valence-corrected chi connectivity index (χ2v) is 9.28. The third-order valence-electron chi connectivity index (χ3n) is 7.52. The lowest BCUT2D eigenvalue weighted by Gasteiger charge is -2.57. The van der Waals surface area contributed by atoms with E-state index in [0.29, 0.717) is 5.56 Å². The van der Waals surface area contributed by atoms with Crippen LogP contribution in [-0.2, 0) is 4.79 Å². The van der Waals surface area contributed by atoms with E-state index in [2.05, 4.69) is 5.32 Å². The third kappa shape index (κ3) is 2.81. The Labute approximate surface area is 190 Å². The van der Waals surface area contributed by atoms with E-state index < -0.39 is 64.8 Å². The van der Waals surface area contributed by atoms with Gasteiger partial charge in [0.15, 0.2) is 5.78 Å². The fraction of sp³-hybridized carbons (Fsp3) is 0.478. The molecule has 3 aliphatic carbocycles. The first-order valence-electron chi connectivity index (χ1n) is 10.7. The number of Topliss-reactive ketones (excluding diaryl/α,β-unsaturated/α-hetero) is 1. The number of ketones is 1. The molecular weight excluding hydrogens is 430 g/mol. The summed E-state index contributed by atoms with van der Waals surface area (Å²) < 4.78 is 0. The minimum Gasteiger partial charge on any atom is -0.510 e. The molecule has 1 aromatic carbocycles. The summed E-state index contributed by atoms with van der Waals surface area (Å²) in [5.41, 5.74) is 3.08. The van der Waals surface area contributed by atoms with Gasteiger partial charge in [0.2, 0.25) is 5.91 Å². The number of nitrogens with one attached hydrogen (secondary N) is 1. The van der Waals surface area contributed by atoms with Crippen LogP contribution < -0.4 is 11.1 Å². The Bertz CT molecular complexity index is 1110. The van der Waals surface area contributed by atoms with Crippen molar-refractivity contribution in [3.8, 4) is 5.75 Å². The van der Waals surface area contributed by atoms with Gasteiger partial charge < -0.3 is 36.6 Å². The Morgan fingerprint density at radius 3 is 2.39 bits per heavy atom. The van der Waals surface area contributed by atoms with Gasteiger partial charge in [-0.25, -0.2) is 0 Å². The van der Waals surface area contributed by atoms with Crippen LogP contribution >= 0.6 is 0 Å². The smallest absolute Gasteiger partial charge is 0.249 e. The molecule has 7 atom stereocenters. The molecule has 4 rings (SSSR count). The number of primary amides is 1. The van der Waals surface area contributed by atoms with E-state index in [1.54, 1.807) is 33.2 Å². The van der Waals surface area contributed by atoms with Gasteiger partial charge in [0.25, 0.3) is 0 Å². The highest BCUT2D eigenvalue weighted by Gasteiger charge is 2.66. The maximum absolute atomic E-state index is 13.5. The summed E-state index contributed by atoms with van der Waals surface area (Å²) in [5.74, 6) is -5.83. The molecular formula is C23H29N3O7. The molecule has 33 heavy (non-hydrogen) atoms. The molecule has 0 fully saturated rings. The van der Waals surface area contributed by atoms with Crippen molar-refractivity contribution in [2.75, 3.05) is 21.1 Å². The fourth-order valence-electron chi connectivity index (χ4n) is 6.16. The Morgan fingerprint density at radius 1 is 1.21 bits per heavy atom. The van der Waals surface area contributed by atoms with Gasteiger partial charge in [0.1, 0.15) is 22.9 Å². The second-order valence-electron chi connectivity index (χ2n) is 9.28. The Kier molecular flexibility index (Phi) is 5.32. The average molecular weight is 459 g/mol. The van der Waals surface area contributed by atoms with Crippen LogP contribution in [0.3, 0.4) is 0 Å². The number of fused-ring (bicyclic) bond motifs is 3. The predicted molar refractivity (Wildman–Crippen MR) is 118 cm³/mol. The van der Waals surface area contributed by atoms with Crippen molar-refractivity contribution >= 4 is 11.7 Å². The molecule has 0 saturated heterocycles. The number of carbonyl (C=O) groups excluding carboxylic acids is 2. The number of aromatic hydroxyl groups is 1. The van der Waals surface area contributed by atoms with Crippen molar-refractivity contribution in [2.45, 2.75) is 36.6 Å². The molecule has 0 heterocycles.